The van der Waals surface area contributed by atoms with E-state index in [9.17, 15) is 9.90 Å². The van der Waals surface area contributed by atoms with Gasteiger partial charge in [0, 0.05) is 23.3 Å². The summed E-state index contributed by atoms with van der Waals surface area (Å²) in [5.41, 5.74) is 2.39. The molecule has 25 heavy (non-hydrogen) atoms. The van der Waals surface area contributed by atoms with Crippen LogP contribution in [-0.4, -0.2) is 17.7 Å². The average molecular weight is 336 g/mol. The highest BCUT2D eigenvalue weighted by atomic mass is 16.6. The van der Waals surface area contributed by atoms with Crippen LogP contribution in [0.25, 0.3) is 21.9 Å². The molecule has 0 saturated carbocycles. The van der Waals surface area contributed by atoms with E-state index in [0.29, 0.717) is 34.4 Å². The van der Waals surface area contributed by atoms with Crippen molar-refractivity contribution < 1.29 is 19.4 Å². The van der Waals surface area contributed by atoms with Gasteiger partial charge in [-0.2, -0.15) is 0 Å². The summed E-state index contributed by atoms with van der Waals surface area (Å²) < 4.78 is 11.1. The molecule has 0 amide bonds. The number of hydrogen-bond donors (Lipinski definition) is 1. The SMILES string of the molecule is CCOc1c(C)c(O)c2c(-c3ccccc3)cccc2c1OC(C)=O. The summed E-state index contributed by atoms with van der Waals surface area (Å²) >= 11 is 0. The number of phenolic OH excluding ortho intramolecular Hbond substituents is 1. The van der Waals surface area contributed by atoms with Crippen LogP contribution in [0.15, 0.2) is 48.5 Å². The first-order valence-electron chi connectivity index (χ1n) is 8.19. The Morgan fingerprint density at radius 2 is 1.76 bits per heavy atom. The number of hydrogen-bond acceptors (Lipinski definition) is 4. The Balaban J connectivity index is 2.41. The summed E-state index contributed by atoms with van der Waals surface area (Å²) in [5.74, 6) is 0.441. The molecule has 0 aliphatic carbocycles. The van der Waals surface area contributed by atoms with E-state index in [4.69, 9.17) is 9.47 Å². The number of phenols is 1. The van der Waals surface area contributed by atoms with Crippen molar-refractivity contribution in [2.75, 3.05) is 6.61 Å². The zero-order valence-corrected chi connectivity index (χ0v) is 14.5. The van der Waals surface area contributed by atoms with Crippen LogP contribution in [0.2, 0.25) is 0 Å². The largest absolute Gasteiger partial charge is 0.507 e. The molecular weight excluding hydrogens is 316 g/mol. The van der Waals surface area contributed by atoms with Crippen molar-refractivity contribution in [2.45, 2.75) is 20.8 Å². The Morgan fingerprint density at radius 1 is 1.04 bits per heavy atom. The van der Waals surface area contributed by atoms with Crippen molar-refractivity contribution in [2.24, 2.45) is 0 Å². The lowest BCUT2D eigenvalue weighted by molar-refractivity contribution is -0.131. The maximum absolute atomic E-state index is 11.6. The predicted molar refractivity (Wildman–Crippen MR) is 98.3 cm³/mol. The standard InChI is InChI=1S/C21H20O4/c1-4-24-20-13(2)19(23)18-16(15-9-6-5-7-10-15)11-8-12-17(18)21(20)25-14(3)22/h5-12,23H,4H2,1-3H3. The van der Waals surface area contributed by atoms with Crippen LogP contribution in [0.3, 0.4) is 0 Å². The molecule has 1 N–H and O–H groups in total. The molecule has 0 aliphatic heterocycles. The molecule has 4 heteroatoms. The number of esters is 1. The lowest BCUT2D eigenvalue weighted by Gasteiger charge is -2.19. The lowest BCUT2D eigenvalue weighted by Crippen LogP contribution is -2.06. The molecular formula is C21H20O4. The van der Waals surface area contributed by atoms with Gasteiger partial charge in [0.05, 0.1) is 6.61 Å². The summed E-state index contributed by atoms with van der Waals surface area (Å²) in [4.78, 5) is 11.6. The highest BCUT2D eigenvalue weighted by Crippen LogP contribution is 2.48. The molecule has 3 aromatic rings. The van der Waals surface area contributed by atoms with E-state index in [1.165, 1.54) is 6.92 Å². The van der Waals surface area contributed by atoms with Gasteiger partial charge in [-0.1, -0.05) is 48.5 Å². The van der Waals surface area contributed by atoms with E-state index in [1.807, 2.05) is 55.5 Å². The number of rotatable bonds is 4. The van der Waals surface area contributed by atoms with Gasteiger partial charge in [0.15, 0.2) is 11.5 Å². The second-order valence-corrected chi connectivity index (χ2v) is 5.75. The van der Waals surface area contributed by atoms with Gasteiger partial charge in [-0.05, 0) is 25.0 Å². The van der Waals surface area contributed by atoms with Gasteiger partial charge in [0.2, 0.25) is 0 Å². The summed E-state index contributed by atoms with van der Waals surface area (Å²) in [7, 11) is 0. The van der Waals surface area contributed by atoms with Gasteiger partial charge in [0.25, 0.3) is 0 Å². The highest BCUT2D eigenvalue weighted by molar-refractivity contribution is 6.06. The Kier molecular flexibility index (Phi) is 4.61. The molecule has 0 aromatic heterocycles. The number of aromatic hydroxyl groups is 1. The van der Waals surface area contributed by atoms with Gasteiger partial charge in [-0.25, -0.2) is 0 Å². The van der Waals surface area contributed by atoms with Crippen molar-refractivity contribution in [3.05, 3.63) is 54.1 Å². The van der Waals surface area contributed by atoms with Crippen LogP contribution in [0.5, 0.6) is 17.2 Å². The van der Waals surface area contributed by atoms with Gasteiger partial charge >= 0.3 is 5.97 Å². The number of carbonyl (C=O) groups excluding carboxylic acids is 1. The normalized spacial score (nSPS) is 10.7. The Labute approximate surface area is 146 Å². The fourth-order valence-corrected chi connectivity index (χ4v) is 3.01. The zero-order chi connectivity index (χ0) is 18.0. The molecule has 0 bridgehead atoms. The smallest absolute Gasteiger partial charge is 0.308 e. The maximum atomic E-state index is 11.6. The lowest BCUT2D eigenvalue weighted by atomic mass is 9.94. The van der Waals surface area contributed by atoms with Gasteiger partial charge in [0.1, 0.15) is 5.75 Å². The van der Waals surface area contributed by atoms with Crippen molar-refractivity contribution in [1.29, 1.82) is 0 Å². The first-order chi connectivity index (χ1) is 12.0. The van der Waals surface area contributed by atoms with Crippen molar-refractivity contribution in [1.82, 2.24) is 0 Å². The summed E-state index contributed by atoms with van der Waals surface area (Å²) in [6.07, 6.45) is 0. The second-order valence-electron chi connectivity index (χ2n) is 5.75. The first kappa shape index (κ1) is 16.8. The Bertz CT molecular complexity index is 930. The third-order valence-electron chi connectivity index (χ3n) is 4.07. The summed E-state index contributed by atoms with van der Waals surface area (Å²) in [6.45, 7) is 5.36. The molecule has 3 aromatic carbocycles. The van der Waals surface area contributed by atoms with Crippen molar-refractivity contribution in [3.8, 4) is 28.4 Å². The zero-order valence-electron chi connectivity index (χ0n) is 14.5. The van der Waals surface area contributed by atoms with E-state index in [-0.39, 0.29) is 5.75 Å². The number of benzene rings is 3. The van der Waals surface area contributed by atoms with Crippen molar-refractivity contribution >= 4 is 16.7 Å². The van der Waals surface area contributed by atoms with Gasteiger partial charge in [-0.15, -0.1) is 0 Å². The van der Waals surface area contributed by atoms with E-state index in [2.05, 4.69) is 0 Å². The topological polar surface area (TPSA) is 55.8 Å². The van der Waals surface area contributed by atoms with Gasteiger partial charge < -0.3 is 14.6 Å². The van der Waals surface area contributed by atoms with Crippen LogP contribution in [0.1, 0.15) is 19.4 Å². The summed E-state index contributed by atoms with van der Waals surface area (Å²) in [5, 5.41) is 12.1. The molecule has 0 fully saturated rings. The van der Waals surface area contributed by atoms with Crippen molar-refractivity contribution in [3.63, 3.8) is 0 Å². The minimum absolute atomic E-state index is 0.133. The molecule has 0 unspecified atom stereocenters. The number of fused-ring (bicyclic) bond motifs is 1. The van der Waals surface area contributed by atoms with E-state index in [0.717, 1.165) is 11.1 Å². The molecule has 0 saturated heterocycles. The molecule has 3 rings (SSSR count). The number of carbonyl (C=O) groups is 1. The average Bonchev–Trinajstić information content (AvgIpc) is 2.62. The fourth-order valence-electron chi connectivity index (χ4n) is 3.01. The molecule has 0 atom stereocenters. The molecule has 0 aliphatic rings. The third-order valence-corrected chi connectivity index (χ3v) is 4.07. The maximum Gasteiger partial charge on any atom is 0.308 e. The van der Waals surface area contributed by atoms with Crippen LogP contribution in [0, 0.1) is 6.92 Å². The minimum atomic E-state index is -0.433. The van der Waals surface area contributed by atoms with Gasteiger partial charge in [-0.3, -0.25) is 4.79 Å². The highest BCUT2D eigenvalue weighted by Gasteiger charge is 2.22. The van der Waals surface area contributed by atoms with E-state index in [1.54, 1.807) is 6.92 Å². The monoisotopic (exact) mass is 336 g/mol. The third kappa shape index (κ3) is 3.03. The first-order valence-corrected chi connectivity index (χ1v) is 8.19. The van der Waals surface area contributed by atoms with Crippen LogP contribution in [0.4, 0.5) is 0 Å². The van der Waals surface area contributed by atoms with E-state index >= 15 is 0 Å². The van der Waals surface area contributed by atoms with Crippen LogP contribution in [-0.2, 0) is 4.79 Å². The predicted octanol–water partition coefficient (Wildman–Crippen LogP) is 4.84. The quantitative estimate of drug-likeness (QED) is 0.547. The van der Waals surface area contributed by atoms with Crippen LogP contribution < -0.4 is 9.47 Å². The molecule has 128 valence electrons. The summed E-state index contributed by atoms with van der Waals surface area (Å²) in [6, 6.07) is 15.4. The number of ether oxygens (including phenoxy) is 2. The minimum Gasteiger partial charge on any atom is -0.507 e. The molecule has 4 nitrogen and oxygen atoms in total. The van der Waals surface area contributed by atoms with E-state index < -0.39 is 5.97 Å². The van der Waals surface area contributed by atoms with Crippen LogP contribution >= 0.6 is 0 Å². The fraction of sp³-hybridized carbons (Fsp3) is 0.190. The molecule has 0 spiro atoms. The second kappa shape index (κ2) is 6.85. The Hall–Kier alpha value is -3.01. The molecule has 0 radical (unpaired) electrons. The Morgan fingerprint density at radius 3 is 2.40 bits per heavy atom. The molecule has 0 heterocycles.